The van der Waals surface area contributed by atoms with E-state index in [4.69, 9.17) is 5.26 Å². The van der Waals surface area contributed by atoms with E-state index in [2.05, 4.69) is 5.14 Å². The Morgan fingerprint density at radius 1 is 1.50 bits per heavy atom. The van der Waals surface area contributed by atoms with Gasteiger partial charge in [-0.05, 0) is 18.2 Å². The molecule has 0 aliphatic rings. The fourth-order valence-electron chi connectivity index (χ4n) is 0.851. The molecular weight excluding hydrogens is 209 g/mol. The molecule has 0 radical (unpaired) electrons. The number of nitriles is 1. The van der Waals surface area contributed by atoms with Crippen molar-refractivity contribution in [3.63, 3.8) is 0 Å². The van der Waals surface area contributed by atoms with Gasteiger partial charge in [0.25, 0.3) is 10.2 Å². The van der Waals surface area contributed by atoms with Gasteiger partial charge in [0.2, 0.25) is 0 Å². The van der Waals surface area contributed by atoms with E-state index in [0.717, 1.165) is 18.2 Å². The second-order valence-electron chi connectivity index (χ2n) is 2.45. The molecule has 74 valence electrons. The number of nitrogens with two attached hydrogens (primary N) is 1. The summed E-state index contributed by atoms with van der Waals surface area (Å²) in [5.74, 6) is -0.624. The summed E-state index contributed by atoms with van der Waals surface area (Å²) in [4.78, 5) is 0. The maximum atomic E-state index is 12.6. The third-order valence-electron chi connectivity index (χ3n) is 1.35. The van der Waals surface area contributed by atoms with E-state index in [0.29, 0.717) is 0 Å². The van der Waals surface area contributed by atoms with Crippen LogP contribution in [0.2, 0.25) is 0 Å². The number of halogens is 1. The Hall–Kier alpha value is -1.65. The maximum absolute atomic E-state index is 12.6. The van der Waals surface area contributed by atoms with Crippen molar-refractivity contribution in [1.82, 2.24) is 0 Å². The Labute approximate surface area is 80.1 Å². The fourth-order valence-corrected chi connectivity index (χ4v) is 1.34. The molecule has 1 aromatic rings. The Balaban J connectivity index is 3.17. The minimum Gasteiger partial charge on any atom is -0.270 e. The summed E-state index contributed by atoms with van der Waals surface area (Å²) in [5, 5.41) is 13.2. The normalized spacial score (nSPS) is 10.6. The van der Waals surface area contributed by atoms with Crippen molar-refractivity contribution in [2.75, 3.05) is 4.72 Å². The summed E-state index contributed by atoms with van der Waals surface area (Å²) in [6.45, 7) is 0. The van der Waals surface area contributed by atoms with Crippen LogP contribution >= 0.6 is 0 Å². The van der Waals surface area contributed by atoms with Crippen LogP contribution in [0.4, 0.5) is 10.1 Å². The van der Waals surface area contributed by atoms with Gasteiger partial charge in [0, 0.05) is 0 Å². The Morgan fingerprint density at radius 2 is 2.14 bits per heavy atom. The van der Waals surface area contributed by atoms with Gasteiger partial charge in [0.1, 0.15) is 11.9 Å². The summed E-state index contributed by atoms with van der Waals surface area (Å²) in [6.07, 6.45) is 0. The van der Waals surface area contributed by atoms with Crippen LogP contribution in [0.5, 0.6) is 0 Å². The van der Waals surface area contributed by atoms with E-state index in [1.165, 1.54) is 0 Å². The van der Waals surface area contributed by atoms with Crippen LogP contribution in [0.1, 0.15) is 5.56 Å². The van der Waals surface area contributed by atoms with Crippen molar-refractivity contribution in [1.29, 1.82) is 5.26 Å². The van der Waals surface area contributed by atoms with Crippen LogP contribution < -0.4 is 9.86 Å². The zero-order valence-corrected chi connectivity index (χ0v) is 7.68. The average Bonchev–Trinajstić information content (AvgIpc) is 2.06. The molecule has 0 heterocycles. The van der Waals surface area contributed by atoms with E-state index in [9.17, 15) is 12.8 Å². The number of rotatable bonds is 2. The Morgan fingerprint density at radius 3 is 2.64 bits per heavy atom. The molecule has 0 amide bonds. The summed E-state index contributed by atoms with van der Waals surface area (Å²) >= 11 is 0. The van der Waals surface area contributed by atoms with E-state index in [1.54, 1.807) is 6.07 Å². The number of anilines is 1. The first-order valence-corrected chi connectivity index (χ1v) is 4.97. The highest BCUT2D eigenvalue weighted by Crippen LogP contribution is 2.16. The Bertz CT molecular complexity index is 492. The van der Waals surface area contributed by atoms with Gasteiger partial charge in [-0.2, -0.15) is 13.7 Å². The third kappa shape index (κ3) is 2.69. The molecule has 0 bridgehead atoms. The number of hydrogen-bond acceptors (Lipinski definition) is 3. The van der Waals surface area contributed by atoms with Crippen molar-refractivity contribution in [2.24, 2.45) is 5.14 Å². The SMILES string of the molecule is N#Cc1cc(F)ccc1NS(N)(=O)=O. The molecule has 0 atom stereocenters. The van der Waals surface area contributed by atoms with Gasteiger partial charge in [-0.1, -0.05) is 0 Å². The summed E-state index contributed by atoms with van der Waals surface area (Å²) in [5.41, 5.74) is -0.171. The lowest BCUT2D eigenvalue weighted by atomic mass is 10.2. The molecule has 0 spiro atoms. The molecule has 0 saturated carbocycles. The largest absolute Gasteiger partial charge is 0.296 e. The van der Waals surface area contributed by atoms with Crippen LogP contribution in [0.15, 0.2) is 18.2 Å². The molecule has 0 aliphatic heterocycles. The maximum Gasteiger partial charge on any atom is 0.296 e. The Kier molecular flexibility index (Phi) is 2.69. The summed E-state index contributed by atoms with van der Waals surface area (Å²) < 4.78 is 35.7. The molecule has 0 fully saturated rings. The van der Waals surface area contributed by atoms with Gasteiger partial charge >= 0.3 is 0 Å². The monoisotopic (exact) mass is 215 g/mol. The van der Waals surface area contributed by atoms with Gasteiger partial charge in [-0.3, -0.25) is 4.72 Å². The first-order chi connectivity index (χ1) is 6.42. The summed E-state index contributed by atoms with van der Waals surface area (Å²) in [7, 11) is -3.95. The summed E-state index contributed by atoms with van der Waals surface area (Å²) in [6, 6.07) is 4.69. The number of benzene rings is 1. The molecule has 0 saturated heterocycles. The van der Waals surface area contributed by atoms with Crippen molar-refractivity contribution in [3.8, 4) is 6.07 Å². The number of nitrogens with zero attached hydrogens (tertiary/aromatic N) is 1. The minimum absolute atomic E-state index is 0.0450. The lowest BCUT2D eigenvalue weighted by Gasteiger charge is -2.04. The third-order valence-corrected chi connectivity index (χ3v) is 1.86. The van der Waals surface area contributed by atoms with Crippen LogP contribution in [0, 0.1) is 17.1 Å². The van der Waals surface area contributed by atoms with Crippen LogP contribution in [-0.4, -0.2) is 8.42 Å². The van der Waals surface area contributed by atoms with Crippen LogP contribution in [0.25, 0.3) is 0 Å². The van der Waals surface area contributed by atoms with E-state index >= 15 is 0 Å². The van der Waals surface area contributed by atoms with Gasteiger partial charge in [0.15, 0.2) is 0 Å². The van der Waals surface area contributed by atoms with Crippen molar-refractivity contribution < 1.29 is 12.8 Å². The van der Waals surface area contributed by atoms with Gasteiger partial charge < -0.3 is 0 Å². The van der Waals surface area contributed by atoms with E-state index in [-0.39, 0.29) is 11.3 Å². The van der Waals surface area contributed by atoms with Gasteiger partial charge in [0.05, 0.1) is 11.3 Å². The topological polar surface area (TPSA) is 96.0 Å². The molecule has 5 nitrogen and oxygen atoms in total. The average molecular weight is 215 g/mol. The first kappa shape index (κ1) is 10.4. The van der Waals surface area contributed by atoms with E-state index in [1.807, 2.05) is 4.72 Å². The molecule has 14 heavy (non-hydrogen) atoms. The second kappa shape index (κ2) is 3.61. The van der Waals surface area contributed by atoms with Gasteiger partial charge in [-0.25, -0.2) is 9.53 Å². The van der Waals surface area contributed by atoms with Crippen molar-refractivity contribution >= 4 is 15.9 Å². The quantitative estimate of drug-likeness (QED) is 0.743. The van der Waals surface area contributed by atoms with Crippen LogP contribution in [-0.2, 0) is 10.2 Å². The molecule has 0 unspecified atom stereocenters. The van der Waals surface area contributed by atoms with E-state index < -0.39 is 16.0 Å². The smallest absolute Gasteiger partial charge is 0.270 e. The van der Waals surface area contributed by atoms with Gasteiger partial charge in [-0.15, -0.1) is 0 Å². The fraction of sp³-hybridized carbons (Fsp3) is 0. The standard InChI is InChI=1S/C7H6FN3O2S/c8-6-1-2-7(5(3-6)4-9)11-14(10,12)13/h1-3,11H,(H2,10,12,13). The molecule has 1 rings (SSSR count). The lowest BCUT2D eigenvalue weighted by molar-refractivity contribution is 0.602. The molecule has 0 aliphatic carbocycles. The van der Waals surface area contributed by atoms with Crippen LogP contribution in [0.3, 0.4) is 0 Å². The second-order valence-corrected chi connectivity index (χ2v) is 3.74. The minimum atomic E-state index is -3.95. The highest BCUT2D eigenvalue weighted by atomic mass is 32.2. The highest BCUT2D eigenvalue weighted by Gasteiger charge is 2.08. The molecule has 0 aromatic heterocycles. The molecular formula is C7H6FN3O2S. The zero-order valence-electron chi connectivity index (χ0n) is 6.86. The lowest BCUT2D eigenvalue weighted by Crippen LogP contribution is -2.22. The van der Waals surface area contributed by atoms with Crippen molar-refractivity contribution in [2.45, 2.75) is 0 Å². The zero-order chi connectivity index (χ0) is 10.8. The van der Waals surface area contributed by atoms with Crippen molar-refractivity contribution in [3.05, 3.63) is 29.6 Å². The highest BCUT2D eigenvalue weighted by molar-refractivity contribution is 7.90. The number of hydrogen-bond donors (Lipinski definition) is 2. The predicted molar refractivity (Wildman–Crippen MR) is 47.8 cm³/mol. The molecule has 7 heteroatoms. The first-order valence-electron chi connectivity index (χ1n) is 3.42. The number of nitrogens with one attached hydrogen (secondary N) is 1. The molecule has 3 N–H and O–H groups in total. The predicted octanol–water partition coefficient (Wildman–Crippen LogP) is 0.313. The molecule has 1 aromatic carbocycles.